The molecule has 2 aromatic carbocycles. The number of carbonyl (C=O) groups is 1. The number of rotatable bonds is 7. The molecule has 1 amide bonds. The number of nitrogens with one attached hydrogen (secondary N) is 1. The molecule has 0 bridgehead atoms. The normalized spacial score (nSPS) is 12.0. The van der Waals surface area contributed by atoms with Crippen molar-refractivity contribution in [3.63, 3.8) is 0 Å². The highest BCUT2D eigenvalue weighted by atomic mass is 16.5. The lowest BCUT2D eigenvalue weighted by Gasteiger charge is -2.25. The van der Waals surface area contributed by atoms with E-state index in [-0.39, 0.29) is 11.9 Å². The second kappa shape index (κ2) is 8.46. The van der Waals surface area contributed by atoms with Crippen molar-refractivity contribution in [2.24, 2.45) is 0 Å². The van der Waals surface area contributed by atoms with E-state index < -0.39 is 0 Å². The Morgan fingerprint density at radius 2 is 2.00 bits per heavy atom. The van der Waals surface area contributed by atoms with Gasteiger partial charge in [-0.25, -0.2) is 9.67 Å². The number of ether oxygens (including phenoxy) is 1. The lowest BCUT2D eigenvalue weighted by atomic mass is 10.1. The van der Waals surface area contributed by atoms with Crippen molar-refractivity contribution in [1.82, 2.24) is 25.0 Å². The summed E-state index contributed by atoms with van der Waals surface area (Å²) in [6.45, 7) is 0.490. The summed E-state index contributed by atoms with van der Waals surface area (Å²) in [7, 11) is 5.63. The minimum atomic E-state index is -0.116. The van der Waals surface area contributed by atoms with Gasteiger partial charge in [0, 0.05) is 12.1 Å². The summed E-state index contributed by atoms with van der Waals surface area (Å²) in [6.07, 6.45) is 3.09. The zero-order valence-electron chi connectivity index (χ0n) is 15.7. The molecule has 0 saturated heterocycles. The Balaban J connectivity index is 1.67. The Hall–Kier alpha value is -3.19. The third-order valence-electron chi connectivity index (χ3n) is 4.37. The fourth-order valence-electron chi connectivity index (χ4n) is 2.85. The van der Waals surface area contributed by atoms with Crippen LogP contribution in [0.25, 0.3) is 5.69 Å². The first kappa shape index (κ1) is 18.6. The van der Waals surface area contributed by atoms with Crippen molar-refractivity contribution in [3.8, 4) is 11.4 Å². The first-order valence-electron chi connectivity index (χ1n) is 8.62. The highest BCUT2D eigenvalue weighted by Gasteiger charge is 2.16. The topological polar surface area (TPSA) is 72.3 Å². The fourth-order valence-corrected chi connectivity index (χ4v) is 2.85. The molecule has 0 aliphatic carbocycles. The number of hydrogen-bond acceptors (Lipinski definition) is 5. The highest BCUT2D eigenvalue weighted by molar-refractivity contribution is 5.94. The molecule has 0 saturated carbocycles. The molecule has 1 aromatic heterocycles. The molecule has 27 heavy (non-hydrogen) atoms. The number of amides is 1. The summed E-state index contributed by atoms with van der Waals surface area (Å²) in [5.74, 6) is 0.685. The van der Waals surface area contributed by atoms with Crippen LogP contribution in [-0.2, 0) is 0 Å². The van der Waals surface area contributed by atoms with Crippen molar-refractivity contribution >= 4 is 5.91 Å². The number of aromatic nitrogens is 3. The van der Waals surface area contributed by atoms with Crippen molar-refractivity contribution in [2.45, 2.75) is 6.04 Å². The number of benzene rings is 2. The van der Waals surface area contributed by atoms with E-state index in [9.17, 15) is 4.79 Å². The van der Waals surface area contributed by atoms with Gasteiger partial charge in [-0.15, -0.1) is 0 Å². The highest BCUT2D eigenvalue weighted by Crippen LogP contribution is 2.22. The predicted octanol–water partition coefficient (Wildman–Crippen LogP) is 2.31. The van der Waals surface area contributed by atoms with Gasteiger partial charge in [-0.1, -0.05) is 12.1 Å². The van der Waals surface area contributed by atoms with Gasteiger partial charge in [-0.2, -0.15) is 5.10 Å². The maximum absolute atomic E-state index is 12.5. The SMILES string of the molecule is COc1cccc(C(CNC(=O)c2ccc(-n3cncn3)cc2)N(C)C)c1. The smallest absolute Gasteiger partial charge is 0.251 e. The fraction of sp³-hybridized carbons (Fsp3) is 0.250. The lowest BCUT2D eigenvalue weighted by molar-refractivity contribution is 0.0942. The zero-order valence-corrected chi connectivity index (χ0v) is 15.7. The Labute approximate surface area is 158 Å². The molecular weight excluding hydrogens is 342 g/mol. The van der Waals surface area contributed by atoms with Crippen molar-refractivity contribution < 1.29 is 9.53 Å². The number of nitrogens with zero attached hydrogens (tertiary/aromatic N) is 4. The summed E-state index contributed by atoms with van der Waals surface area (Å²) >= 11 is 0. The second-order valence-electron chi connectivity index (χ2n) is 6.35. The molecule has 1 N–H and O–H groups in total. The molecule has 1 atom stereocenters. The summed E-state index contributed by atoms with van der Waals surface area (Å²) in [4.78, 5) is 18.5. The minimum absolute atomic E-state index is 0.0403. The quantitative estimate of drug-likeness (QED) is 0.696. The lowest BCUT2D eigenvalue weighted by Crippen LogP contribution is -2.34. The summed E-state index contributed by atoms with van der Waals surface area (Å²) < 4.78 is 6.95. The summed E-state index contributed by atoms with van der Waals surface area (Å²) in [6, 6.07) is 15.2. The van der Waals surface area contributed by atoms with E-state index >= 15 is 0 Å². The standard InChI is InChI=1S/C20H23N5O2/c1-24(2)19(16-5-4-6-18(11-16)27-3)12-22-20(26)15-7-9-17(10-8-15)25-14-21-13-23-25/h4-11,13-14,19H,12H2,1-3H3,(H,22,26). The second-order valence-corrected chi connectivity index (χ2v) is 6.35. The molecule has 0 radical (unpaired) electrons. The van der Waals surface area contributed by atoms with E-state index in [0.717, 1.165) is 17.0 Å². The van der Waals surface area contributed by atoms with Crippen LogP contribution in [0.15, 0.2) is 61.2 Å². The van der Waals surface area contributed by atoms with E-state index in [1.54, 1.807) is 30.3 Å². The number of carbonyl (C=O) groups excluding carboxylic acids is 1. The van der Waals surface area contributed by atoms with E-state index in [2.05, 4.69) is 20.3 Å². The summed E-state index contributed by atoms with van der Waals surface area (Å²) in [5.41, 5.74) is 2.54. The average Bonchev–Trinajstić information content (AvgIpc) is 3.23. The van der Waals surface area contributed by atoms with Crippen LogP contribution < -0.4 is 10.1 Å². The van der Waals surface area contributed by atoms with Gasteiger partial charge in [-0.05, 0) is 56.1 Å². The first-order chi connectivity index (χ1) is 13.1. The van der Waals surface area contributed by atoms with Gasteiger partial charge >= 0.3 is 0 Å². The minimum Gasteiger partial charge on any atom is -0.497 e. The van der Waals surface area contributed by atoms with Gasteiger partial charge < -0.3 is 15.0 Å². The number of hydrogen-bond donors (Lipinski definition) is 1. The van der Waals surface area contributed by atoms with Gasteiger partial charge in [0.25, 0.3) is 5.91 Å². The molecule has 1 heterocycles. The molecule has 0 aliphatic rings. The molecule has 0 fully saturated rings. The predicted molar refractivity (Wildman–Crippen MR) is 103 cm³/mol. The Kier molecular flexibility index (Phi) is 5.83. The Morgan fingerprint density at radius 1 is 1.22 bits per heavy atom. The third kappa shape index (κ3) is 4.51. The number of methoxy groups -OCH3 is 1. The van der Waals surface area contributed by atoms with Crippen LogP contribution in [0.5, 0.6) is 5.75 Å². The number of likely N-dealkylation sites (N-methyl/N-ethyl adjacent to an activating group) is 1. The van der Waals surface area contributed by atoms with Crippen LogP contribution >= 0.6 is 0 Å². The van der Waals surface area contributed by atoms with Crippen LogP contribution in [-0.4, -0.2) is 53.3 Å². The largest absolute Gasteiger partial charge is 0.497 e. The maximum atomic E-state index is 12.5. The van der Waals surface area contributed by atoms with Crippen molar-refractivity contribution in [3.05, 3.63) is 72.3 Å². The van der Waals surface area contributed by atoms with Crippen LogP contribution in [0.1, 0.15) is 22.0 Å². The monoisotopic (exact) mass is 365 g/mol. The first-order valence-corrected chi connectivity index (χ1v) is 8.62. The zero-order chi connectivity index (χ0) is 19.2. The molecule has 7 nitrogen and oxygen atoms in total. The Bertz CT molecular complexity index is 876. The van der Waals surface area contributed by atoms with Gasteiger partial charge in [0.1, 0.15) is 18.4 Å². The van der Waals surface area contributed by atoms with Gasteiger partial charge in [0.15, 0.2) is 0 Å². The van der Waals surface area contributed by atoms with Gasteiger partial charge in [0.2, 0.25) is 0 Å². The summed E-state index contributed by atoms with van der Waals surface area (Å²) in [5, 5.41) is 7.09. The van der Waals surface area contributed by atoms with E-state index in [1.807, 2.05) is 50.5 Å². The van der Waals surface area contributed by atoms with E-state index in [0.29, 0.717) is 12.1 Å². The van der Waals surface area contributed by atoms with Crippen molar-refractivity contribution in [1.29, 1.82) is 0 Å². The van der Waals surface area contributed by atoms with Crippen LogP contribution in [0.2, 0.25) is 0 Å². The third-order valence-corrected chi connectivity index (χ3v) is 4.37. The van der Waals surface area contributed by atoms with Crippen molar-refractivity contribution in [2.75, 3.05) is 27.7 Å². The molecule has 0 aliphatic heterocycles. The molecular formula is C20H23N5O2. The van der Waals surface area contributed by atoms with E-state index in [1.165, 1.54) is 6.33 Å². The molecule has 7 heteroatoms. The molecule has 1 unspecified atom stereocenters. The molecule has 140 valence electrons. The average molecular weight is 365 g/mol. The van der Waals surface area contributed by atoms with Crippen LogP contribution in [0, 0.1) is 0 Å². The maximum Gasteiger partial charge on any atom is 0.251 e. The molecule has 0 spiro atoms. The van der Waals surface area contributed by atoms with Gasteiger partial charge in [0.05, 0.1) is 18.8 Å². The van der Waals surface area contributed by atoms with Crippen LogP contribution in [0.3, 0.4) is 0 Å². The Morgan fingerprint density at radius 3 is 2.63 bits per heavy atom. The molecule has 3 rings (SSSR count). The van der Waals surface area contributed by atoms with E-state index in [4.69, 9.17) is 4.74 Å². The molecule has 3 aromatic rings. The van der Waals surface area contributed by atoms with Gasteiger partial charge in [-0.3, -0.25) is 4.79 Å². The van der Waals surface area contributed by atoms with Crippen LogP contribution in [0.4, 0.5) is 0 Å².